The quantitative estimate of drug-likeness (QED) is 0.913. The highest BCUT2D eigenvalue weighted by molar-refractivity contribution is 7.14. The van der Waals surface area contributed by atoms with Gasteiger partial charge in [0.25, 0.3) is 0 Å². The van der Waals surface area contributed by atoms with Crippen molar-refractivity contribution in [2.75, 3.05) is 5.32 Å². The molecule has 0 bridgehead atoms. The molecule has 1 N–H and O–H groups in total. The van der Waals surface area contributed by atoms with Gasteiger partial charge >= 0.3 is 0 Å². The Balaban J connectivity index is 2.06. The highest BCUT2D eigenvalue weighted by atomic mass is 35.5. The van der Waals surface area contributed by atoms with Gasteiger partial charge in [-0.2, -0.15) is 0 Å². The molecule has 2 aromatic rings. The molecule has 6 heteroatoms. The van der Waals surface area contributed by atoms with E-state index in [9.17, 15) is 0 Å². The number of nitrogens with one attached hydrogen (secondary N) is 1. The summed E-state index contributed by atoms with van der Waals surface area (Å²) >= 11 is 8.90. The summed E-state index contributed by atoms with van der Waals surface area (Å²) in [4.78, 5) is 8.55. The molecule has 0 spiro atoms. The standard InChI is InChI=1S/C9H10ClN3S2/c1-5-3-14-8(11-5)6(2)12-9-13-7(10)4-15-9/h3-4,6H,1-2H3,(H,12,13). The lowest BCUT2D eigenvalue weighted by molar-refractivity contribution is 0.861. The van der Waals surface area contributed by atoms with Gasteiger partial charge in [0, 0.05) is 16.5 Å². The minimum absolute atomic E-state index is 0.172. The topological polar surface area (TPSA) is 37.8 Å². The molecule has 0 aliphatic heterocycles. The first-order valence-corrected chi connectivity index (χ1v) is 6.58. The molecule has 2 rings (SSSR count). The molecule has 80 valence electrons. The predicted molar refractivity (Wildman–Crippen MR) is 66.0 cm³/mol. The third-order valence-corrected chi connectivity index (χ3v) is 4.07. The Kier molecular flexibility index (Phi) is 3.23. The van der Waals surface area contributed by atoms with E-state index < -0.39 is 0 Å². The van der Waals surface area contributed by atoms with E-state index in [-0.39, 0.29) is 6.04 Å². The van der Waals surface area contributed by atoms with E-state index in [0.29, 0.717) is 5.15 Å². The Morgan fingerprint density at radius 3 is 2.67 bits per heavy atom. The highest BCUT2D eigenvalue weighted by Crippen LogP contribution is 2.25. The molecule has 0 amide bonds. The second-order valence-electron chi connectivity index (χ2n) is 3.17. The number of hydrogen-bond donors (Lipinski definition) is 1. The van der Waals surface area contributed by atoms with Crippen molar-refractivity contribution in [2.24, 2.45) is 0 Å². The van der Waals surface area contributed by atoms with E-state index in [4.69, 9.17) is 11.6 Å². The van der Waals surface area contributed by atoms with Crippen LogP contribution in [-0.4, -0.2) is 9.97 Å². The van der Waals surface area contributed by atoms with Crippen LogP contribution >= 0.6 is 34.3 Å². The number of hydrogen-bond acceptors (Lipinski definition) is 5. The van der Waals surface area contributed by atoms with Gasteiger partial charge in [-0.1, -0.05) is 11.6 Å². The van der Waals surface area contributed by atoms with Crippen molar-refractivity contribution in [3.05, 3.63) is 26.6 Å². The van der Waals surface area contributed by atoms with E-state index in [1.54, 1.807) is 11.3 Å². The highest BCUT2D eigenvalue weighted by Gasteiger charge is 2.10. The Morgan fingerprint density at radius 2 is 2.13 bits per heavy atom. The average Bonchev–Trinajstić information content (AvgIpc) is 2.75. The summed E-state index contributed by atoms with van der Waals surface area (Å²) < 4.78 is 0. The van der Waals surface area contributed by atoms with Gasteiger partial charge in [0.2, 0.25) is 0 Å². The van der Waals surface area contributed by atoms with Crippen molar-refractivity contribution in [3.63, 3.8) is 0 Å². The molecular formula is C9H10ClN3S2. The smallest absolute Gasteiger partial charge is 0.184 e. The van der Waals surface area contributed by atoms with Crippen molar-refractivity contribution in [1.82, 2.24) is 9.97 Å². The van der Waals surface area contributed by atoms with Gasteiger partial charge in [-0.25, -0.2) is 9.97 Å². The molecule has 0 fully saturated rings. The van der Waals surface area contributed by atoms with Gasteiger partial charge in [-0.05, 0) is 13.8 Å². The minimum Gasteiger partial charge on any atom is -0.353 e. The molecule has 2 heterocycles. The number of thiazole rings is 2. The van der Waals surface area contributed by atoms with Gasteiger partial charge in [-0.15, -0.1) is 22.7 Å². The molecule has 3 nitrogen and oxygen atoms in total. The normalized spacial score (nSPS) is 12.7. The first kappa shape index (κ1) is 10.9. The van der Waals surface area contributed by atoms with Gasteiger partial charge < -0.3 is 5.32 Å². The minimum atomic E-state index is 0.172. The molecule has 0 aromatic carbocycles. The van der Waals surface area contributed by atoms with Crippen molar-refractivity contribution in [1.29, 1.82) is 0 Å². The second kappa shape index (κ2) is 4.47. The summed E-state index contributed by atoms with van der Waals surface area (Å²) in [6.45, 7) is 4.06. The number of aromatic nitrogens is 2. The predicted octanol–water partition coefficient (Wildman–Crippen LogP) is 3.73. The number of halogens is 1. The van der Waals surface area contributed by atoms with Gasteiger partial charge in [0.15, 0.2) is 5.13 Å². The number of nitrogens with zero attached hydrogens (tertiary/aromatic N) is 2. The number of rotatable bonds is 3. The van der Waals surface area contributed by atoms with Gasteiger partial charge in [-0.3, -0.25) is 0 Å². The van der Waals surface area contributed by atoms with Crippen LogP contribution in [-0.2, 0) is 0 Å². The largest absolute Gasteiger partial charge is 0.353 e. The average molecular weight is 260 g/mol. The van der Waals surface area contributed by atoms with Gasteiger partial charge in [0.1, 0.15) is 10.2 Å². The van der Waals surface area contributed by atoms with Gasteiger partial charge in [0.05, 0.1) is 6.04 Å². The van der Waals surface area contributed by atoms with E-state index in [1.165, 1.54) is 11.3 Å². The summed E-state index contributed by atoms with van der Waals surface area (Å²) in [5.41, 5.74) is 1.06. The maximum absolute atomic E-state index is 5.74. The molecule has 0 radical (unpaired) electrons. The van der Waals surface area contributed by atoms with Crippen LogP contribution in [0.3, 0.4) is 0 Å². The molecule has 2 aromatic heterocycles. The van der Waals surface area contributed by atoms with Crippen LogP contribution in [0.4, 0.5) is 5.13 Å². The summed E-state index contributed by atoms with van der Waals surface area (Å²) in [5, 5.41) is 9.55. The molecule has 1 atom stereocenters. The zero-order valence-electron chi connectivity index (χ0n) is 8.32. The molecule has 15 heavy (non-hydrogen) atoms. The molecule has 1 unspecified atom stereocenters. The number of anilines is 1. The van der Waals surface area contributed by atoms with Crippen LogP contribution in [0.25, 0.3) is 0 Å². The van der Waals surface area contributed by atoms with E-state index in [1.807, 2.05) is 17.7 Å². The first-order valence-electron chi connectivity index (χ1n) is 4.45. The Morgan fingerprint density at radius 1 is 1.33 bits per heavy atom. The SMILES string of the molecule is Cc1csc(C(C)Nc2nc(Cl)cs2)n1. The summed E-state index contributed by atoms with van der Waals surface area (Å²) in [6, 6.07) is 0.172. The van der Waals surface area contributed by atoms with Crippen molar-refractivity contribution in [2.45, 2.75) is 19.9 Å². The van der Waals surface area contributed by atoms with Crippen LogP contribution < -0.4 is 5.32 Å². The zero-order valence-corrected chi connectivity index (χ0v) is 10.7. The molecule has 0 aliphatic carbocycles. The molecule has 0 aliphatic rings. The lowest BCUT2D eigenvalue weighted by Gasteiger charge is -2.08. The Labute approximate surface area is 101 Å². The van der Waals surface area contributed by atoms with E-state index in [0.717, 1.165) is 15.8 Å². The monoisotopic (exact) mass is 259 g/mol. The molecule has 0 saturated carbocycles. The fourth-order valence-electron chi connectivity index (χ4n) is 1.14. The maximum Gasteiger partial charge on any atom is 0.184 e. The second-order valence-corrected chi connectivity index (χ2v) is 5.30. The van der Waals surface area contributed by atoms with Crippen LogP contribution in [0.1, 0.15) is 23.7 Å². The zero-order chi connectivity index (χ0) is 10.8. The molecular weight excluding hydrogens is 250 g/mol. The van der Waals surface area contributed by atoms with Crippen molar-refractivity contribution in [3.8, 4) is 0 Å². The Bertz CT molecular complexity index is 452. The van der Waals surface area contributed by atoms with Crippen molar-refractivity contribution < 1.29 is 0 Å². The maximum atomic E-state index is 5.74. The summed E-state index contributed by atoms with van der Waals surface area (Å²) in [5.74, 6) is 0. The van der Waals surface area contributed by atoms with Crippen LogP contribution in [0, 0.1) is 6.92 Å². The van der Waals surface area contributed by atoms with E-state index >= 15 is 0 Å². The lowest BCUT2D eigenvalue weighted by Crippen LogP contribution is -2.05. The Hall–Kier alpha value is -0.650. The van der Waals surface area contributed by atoms with E-state index in [2.05, 4.69) is 22.2 Å². The fraction of sp³-hybridized carbons (Fsp3) is 0.333. The molecule has 0 saturated heterocycles. The van der Waals surface area contributed by atoms with Crippen molar-refractivity contribution >= 4 is 39.4 Å². The first-order chi connectivity index (χ1) is 7.15. The number of aryl methyl sites for hydroxylation is 1. The van der Waals surface area contributed by atoms with Crippen LogP contribution in [0.15, 0.2) is 10.8 Å². The summed E-state index contributed by atoms with van der Waals surface area (Å²) in [7, 11) is 0. The van der Waals surface area contributed by atoms with Crippen LogP contribution in [0.5, 0.6) is 0 Å². The third kappa shape index (κ3) is 2.68. The van der Waals surface area contributed by atoms with Crippen LogP contribution in [0.2, 0.25) is 5.15 Å². The summed E-state index contributed by atoms with van der Waals surface area (Å²) in [6.07, 6.45) is 0. The third-order valence-electron chi connectivity index (χ3n) is 1.82. The fourth-order valence-corrected chi connectivity index (χ4v) is 2.87. The lowest BCUT2D eigenvalue weighted by atomic mass is 10.4.